The molecule has 0 radical (unpaired) electrons. The first-order valence-corrected chi connectivity index (χ1v) is 7.16. The number of terminal acetylenes is 1. The van der Waals surface area contributed by atoms with Gasteiger partial charge in [-0.1, -0.05) is 5.92 Å². The van der Waals surface area contributed by atoms with E-state index in [0.717, 1.165) is 10.7 Å². The zero-order valence-corrected chi connectivity index (χ0v) is 12.7. The third-order valence-electron chi connectivity index (χ3n) is 2.48. The standard InChI is InChI=1S/C13H18N4O3S/c1-4-5-14-12(19)11(9(3)18)17-13(20)15-6-10-16-8(2)7-21-10/h1,7,9,11,18H,5-6H2,2-3H3,(H,14,19)(H2,15,17,20)/t9-,11+/m1/s1. The molecule has 114 valence electrons. The molecular weight excluding hydrogens is 292 g/mol. The first-order chi connectivity index (χ1) is 9.93. The molecule has 0 aliphatic rings. The maximum atomic E-state index is 11.7. The zero-order chi connectivity index (χ0) is 15.8. The highest BCUT2D eigenvalue weighted by atomic mass is 32.1. The number of aromatic nitrogens is 1. The molecule has 0 bridgehead atoms. The zero-order valence-electron chi connectivity index (χ0n) is 11.8. The quantitative estimate of drug-likeness (QED) is 0.544. The van der Waals surface area contributed by atoms with Crippen LogP contribution in [0.4, 0.5) is 4.79 Å². The van der Waals surface area contributed by atoms with Gasteiger partial charge < -0.3 is 21.1 Å². The Morgan fingerprint density at radius 1 is 1.52 bits per heavy atom. The number of aliphatic hydroxyl groups is 1. The second-order valence-corrected chi connectivity index (χ2v) is 5.29. The van der Waals surface area contributed by atoms with Gasteiger partial charge in [-0.25, -0.2) is 9.78 Å². The molecule has 1 heterocycles. The van der Waals surface area contributed by atoms with Crippen LogP contribution in [0.15, 0.2) is 5.38 Å². The number of thiazole rings is 1. The average molecular weight is 310 g/mol. The number of rotatable bonds is 6. The van der Waals surface area contributed by atoms with Gasteiger partial charge in [0.1, 0.15) is 11.0 Å². The molecule has 0 spiro atoms. The molecule has 0 saturated carbocycles. The highest BCUT2D eigenvalue weighted by Crippen LogP contribution is 2.07. The fourth-order valence-corrected chi connectivity index (χ4v) is 2.20. The van der Waals surface area contributed by atoms with E-state index in [4.69, 9.17) is 6.42 Å². The van der Waals surface area contributed by atoms with E-state index in [1.807, 2.05) is 12.3 Å². The lowest BCUT2D eigenvalue weighted by Crippen LogP contribution is -2.54. The van der Waals surface area contributed by atoms with Crippen LogP contribution in [0.2, 0.25) is 0 Å². The minimum atomic E-state index is -1.07. The smallest absolute Gasteiger partial charge is 0.315 e. The maximum Gasteiger partial charge on any atom is 0.315 e. The van der Waals surface area contributed by atoms with Crippen molar-refractivity contribution in [3.8, 4) is 12.3 Å². The van der Waals surface area contributed by atoms with E-state index in [1.54, 1.807) is 0 Å². The molecule has 0 aliphatic carbocycles. The highest BCUT2D eigenvalue weighted by molar-refractivity contribution is 7.09. The van der Waals surface area contributed by atoms with Gasteiger partial charge in [-0.15, -0.1) is 17.8 Å². The van der Waals surface area contributed by atoms with Gasteiger partial charge in [0.15, 0.2) is 0 Å². The number of aryl methyl sites for hydroxylation is 1. The molecule has 1 rings (SSSR count). The molecule has 3 amide bonds. The lowest BCUT2D eigenvalue weighted by atomic mass is 10.1. The number of aliphatic hydroxyl groups excluding tert-OH is 1. The Kier molecular flexibility index (Phi) is 6.65. The maximum absolute atomic E-state index is 11.7. The number of amides is 3. The second kappa shape index (κ2) is 8.24. The predicted octanol–water partition coefficient (Wildman–Crippen LogP) is -0.250. The lowest BCUT2D eigenvalue weighted by Gasteiger charge is -2.20. The Balaban J connectivity index is 2.48. The molecular formula is C13H18N4O3S. The molecule has 0 fully saturated rings. The second-order valence-electron chi connectivity index (χ2n) is 4.35. The summed E-state index contributed by atoms with van der Waals surface area (Å²) in [5.74, 6) is 1.71. The van der Waals surface area contributed by atoms with Crippen LogP contribution in [0.1, 0.15) is 17.6 Å². The molecule has 0 aliphatic heterocycles. The van der Waals surface area contributed by atoms with Crippen LogP contribution in [0, 0.1) is 19.3 Å². The number of hydrogen-bond donors (Lipinski definition) is 4. The summed E-state index contributed by atoms with van der Waals surface area (Å²) in [6, 6.07) is -1.64. The van der Waals surface area contributed by atoms with Gasteiger partial charge >= 0.3 is 6.03 Å². The van der Waals surface area contributed by atoms with Crippen LogP contribution >= 0.6 is 11.3 Å². The molecule has 2 atom stereocenters. The number of urea groups is 1. The molecule has 0 aromatic carbocycles. The van der Waals surface area contributed by atoms with Crippen molar-refractivity contribution >= 4 is 23.3 Å². The lowest BCUT2D eigenvalue weighted by molar-refractivity contribution is -0.124. The Bertz CT molecular complexity index is 536. The monoisotopic (exact) mass is 310 g/mol. The van der Waals surface area contributed by atoms with Crippen molar-refractivity contribution in [1.29, 1.82) is 0 Å². The van der Waals surface area contributed by atoms with E-state index in [0.29, 0.717) is 0 Å². The average Bonchev–Trinajstić information content (AvgIpc) is 2.85. The van der Waals surface area contributed by atoms with E-state index >= 15 is 0 Å². The van der Waals surface area contributed by atoms with Crippen molar-refractivity contribution in [1.82, 2.24) is 20.9 Å². The van der Waals surface area contributed by atoms with E-state index in [1.165, 1.54) is 18.3 Å². The summed E-state index contributed by atoms with van der Waals surface area (Å²) in [5.41, 5.74) is 0.882. The minimum absolute atomic E-state index is 0.0315. The Morgan fingerprint density at radius 3 is 2.76 bits per heavy atom. The van der Waals surface area contributed by atoms with Gasteiger partial charge in [0.25, 0.3) is 0 Å². The minimum Gasteiger partial charge on any atom is -0.391 e. The van der Waals surface area contributed by atoms with Crippen LogP contribution in [0.25, 0.3) is 0 Å². The summed E-state index contributed by atoms with van der Waals surface area (Å²) in [6.07, 6.45) is 3.99. The van der Waals surface area contributed by atoms with Gasteiger partial charge in [-0.3, -0.25) is 4.79 Å². The van der Waals surface area contributed by atoms with Gasteiger partial charge in [0.2, 0.25) is 5.91 Å². The topological polar surface area (TPSA) is 103 Å². The normalized spacial score (nSPS) is 12.9. The first kappa shape index (κ1) is 16.9. The number of carbonyl (C=O) groups excluding carboxylic acids is 2. The fourth-order valence-electron chi connectivity index (χ4n) is 1.49. The van der Waals surface area contributed by atoms with Gasteiger partial charge in [-0.05, 0) is 13.8 Å². The van der Waals surface area contributed by atoms with E-state index in [2.05, 4.69) is 26.9 Å². The molecule has 4 N–H and O–H groups in total. The molecule has 1 aromatic heterocycles. The summed E-state index contributed by atoms with van der Waals surface area (Å²) in [7, 11) is 0. The van der Waals surface area contributed by atoms with Crippen LogP contribution < -0.4 is 16.0 Å². The summed E-state index contributed by atoms with van der Waals surface area (Å²) < 4.78 is 0. The number of hydrogen-bond acceptors (Lipinski definition) is 5. The van der Waals surface area contributed by atoms with Gasteiger partial charge in [0.05, 0.1) is 19.2 Å². The first-order valence-electron chi connectivity index (χ1n) is 6.28. The van der Waals surface area contributed by atoms with Crippen LogP contribution in [-0.4, -0.2) is 40.7 Å². The number of nitrogens with zero attached hydrogens (tertiary/aromatic N) is 1. The Labute approximate surface area is 127 Å². The number of nitrogens with one attached hydrogen (secondary N) is 3. The molecule has 8 heteroatoms. The van der Waals surface area contributed by atoms with E-state index in [9.17, 15) is 14.7 Å². The molecule has 0 saturated heterocycles. The highest BCUT2D eigenvalue weighted by Gasteiger charge is 2.25. The molecule has 1 aromatic rings. The largest absolute Gasteiger partial charge is 0.391 e. The van der Waals surface area contributed by atoms with Crippen molar-refractivity contribution in [3.05, 3.63) is 16.1 Å². The van der Waals surface area contributed by atoms with Crippen molar-refractivity contribution < 1.29 is 14.7 Å². The molecule has 0 unspecified atom stereocenters. The fraction of sp³-hybridized carbons (Fsp3) is 0.462. The van der Waals surface area contributed by atoms with E-state index < -0.39 is 24.1 Å². The predicted molar refractivity (Wildman–Crippen MR) is 79.5 cm³/mol. The molecule has 21 heavy (non-hydrogen) atoms. The van der Waals surface area contributed by atoms with Crippen molar-refractivity contribution in [2.24, 2.45) is 0 Å². The SMILES string of the molecule is C#CCNC(=O)[C@@H](NC(=O)NCc1nc(C)cs1)[C@@H](C)O. The van der Waals surface area contributed by atoms with Crippen LogP contribution in [-0.2, 0) is 11.3 Å². The summed E-state index contributed by atoms with van der Waals surface area (Å²) in [5, 5.41) is 19.6. The van der Waals surface area contributed by atoms with Crippen molar-refractivity contribution in [2.45, 2.75) is 32.5 Å². The van der Waals surface area contributed by atoms with Crippen molar-refractivity contribution in [3.63, 3.8) is 0 Å². The number of carbonyl (C=O) groups is 2. The Hall–Kier alpha value is -2.11. The van der Waals surface area contributed by atoms with Crippen molar-refractivity contribution in [2.75, 3.05) is 6.54 Å². The van der Waals surface area contributed by atoms with Gasteiger partial charge in [0, 0.05) is 11.1 Å². The summed E-state index contributed by atoms with van der Waals surface area (Å²) in [4.78, 5) is 27.7. The van der Waals surface area contributed by atoms with Crippen LogP contribution in [0.3, 0.4) is 0 Å². The third kappa shape index (κ3) is 5.81. The Morgan fingerprint density at radius 2 is 2.24 bits per heavy atom. The summed E-state index contributed by atoms with van der Waals surface area (Å²) in [6.45, 7) is 3.55. The summed E-state index contributed by atoms with van der Waals surface area (Å²) >= 11 is 1.43. The van der Waals surface area contributed by atoms with E-state index in [-0.39, 0.29) is 13.1 Å². The third-order valence-corrected chi connectivity index (χ3v) is 3.45. The van der Waals surface area contributed by atoms with Crippen LogP contribution in [0.5, 0.6) is 0 Å². The van der Waals surface area contributed by atoms with Gasteiger partial charge in [-0.2, -0.15) is 0 Å². The molecule has 7 nitrogen and oxygen atoms in total.